The van der Waals surface area contributed by atoms with Gasteiger partial charge >= 0.3 is 5.91 Å². The molecule has 170 valence electrons. The first kappa shape index (κ1) is 22.1. The normalized spacial score (nSPS) is 17.4. The standard InChI is InChI=1S/C25H24N2O6/c1-4-11-32-19-10-5-7-16(13-19)22-21(23(28)17-8-6-9-18(14-17)31-3)24(29)25(30)27(22)20-12-15(2)33-26-20/h5-10,12-14,22,28H,4,11H2,1-3H3/t22-/m1/s1. The molecule has 1 amide bonds. The Labute approximate surface area is 191 Å². The Morgan fingerprint density at radius 1 is 1.12 bits per heavy atom. The van der Waals surface area contributed by atoms with Gasteiger partial charge in [-0.05, 0) is 43.2 Å². The van der Waals surface area contributed by atoms with Crippen molar-refractivity contribution >= 4 is 23.3 Å². The third-order valence-electron chi connectivity index (χ3n) is 5.30. The van der Waals surface area contributed by atoms with Crippen LogP contribution in [-0.2, 0) is 9.59 Å². The SMILES string of the molecule is CCCOc1cccc([C@@H]2C(=C(O)c3cccc(OC)c3)C(=O)C(=O)N2c2cc(C)on2)c1. The van der Waals surface area contributed by atoms with E-state index >= 15 is 0 Å². The van der Waals surface area contributed by atoms with Gasteiger partial charge in [0.05, 0.1) is 25.3 Å². The van der Waals surface area contributed by atoms with Crippen LogP contribution in [0.15, 0.2) is 64.7 Å². The molecule has 0 unspecified atom stereocenters. The van der Waals surface area contributed by atoms with Crippen molar-refractivity contribution in [2.24, 2.45) is 0 Å². The summed E-state index contributed by atoms with van der Waals surface area (Å²) in [6.45, 7) is 4.22. The van der Waals surface area contributed by atoms with Crippen molar-refractivity contribution < 1.29 is 28.7 Å². The van der Waals surface area contributed by atoms with E-state index in [2.05, 4.69) is 5.16 Å². The summed E-state index contributed by atoms with van der Waals surface area (Å²) in [4.78, 5) is 27.5. The summed E-state index contributed by atoms with van der Waals surface area (Å²) in [7, 11) is 1.51. The van der Waals surface area contributed by atoms with E-state index in [0.29, 0.717) is 35.0 Å². The van der Waals surface area contributed by atoms with Gasteiger partial charge in [-0.1, -0.05) is 36.3 Å². The van der Waals surface area contributed by atoms with Crippen LogP contribution in [0.25, 0.3) is 5.76 Å². The highest BCUT2D eigenvalue weighted by atomic mass is 16.5. The molecule has 0 spiro atoms. The largest absolute Gasteiger partial charge is 0.507 e. The molecule has 1 aliphatic heterocycles. The van der Waals surface area contributed by atoms with Crippen molar-refractivity contribution in [1.82, 2.24) is 5.16 Å². The second-order valence-corrected chi connectivity index (χ2v) is 7.62. The Hall–Kier alpha value is -4.07. The van der Waals surface area contributed by atoms with Gasteiger partial charge in [-0.25, -0.2) is 0 Å². The lowest BCUT2D eigenvalue weighted by atomic mass is 9.95. The van der Waals surface area contributed by atoms with E-state index in [1.165, 1.54) is 12.0 Å². The molecule has 1 atom stereocenters. The predicted octanol–water partition coefficient (Wildman–Crippen LogP) is 4.41. The Bertz CT molecular complexity index is 1230. The summed E-state index contributed by atoms with van der Waals surface area (Å²) in [6, 6.07) is 14.4. The lowest BCUT2D eigenvalue weighted by molar-refractivity contribution is -0.132. The maximum Gasteiger partial charge on any atom is 0.301 e. The fraction of sp³-hybridized carbons (Fsp3) is 0.240. The van der Waals surface area contributed by atoms with E-state index < -0.39 is 17.7 Å². The number of aromatic nitrogens is 1. The van der Waals surface area contributed by atoms with Gasteiger partial charge in [-0.3, -0.25) is 14.5 Å². The first-order valence-electron chi connectivity index (χ1n) is 10.6. The van der Waals surface area contributed by atoms with Crippen LogP contribution in [0.1, 0.15) is 36.3 Å². The molecule has 0 aliphatic carbocycles. The molecule has 2 heterocycles. The summed E-state index contributed by atoms with van der Waals surface area (Å²) in [6.07, 6.45) is 0.830. The molecule has 1 aliphatic rings. The fourth-order valence-corrected chi connectivity index (χ4v) is 3.77. The fourth-order valence-electron chi connectivity index (χ4n) is 3.77. The van der Waals surface area contributed by atoms with Crippen LogP contribution >= 0.6 is 0 Å². The average Bonchev–Trinajstić information content (AvgIpc) is 3.37. The number of aliphatic hydroxyl groups excluding tert-OH is 1. The van der Waals surface area contributed by atoms with Crippen LogP contribution in [0.3, 0.4) is 0 Å². The number of aryl methyl sites for hydroxylation is 1. The molecule has 0 radical (unpaired) electrons. The van der Waals surface area contributed by atoms with Crippen LogP contribution in [0, 0.1) is 6.92 Å². The maximum atomic E-state index is 13.2. The molecule has 4 rings (SSSR count). The van der Waals surface area contributed by atoms with E-state index in [0.717, 1.165) is 6.42 Å². The Balaban J connectivity index is 1.90. The number of methoxy groups -OCH3 is 1. The van der Waals surface area contributed by atoms with Crippen LogP contribution in [-0.4, -0.2) is 35.7 Å². The zero-order valence-electron chi connectivity index (χ0n) is 18.6. The van der Waals surface area contributed by atoms with Crippen LogP contribution < -0.4 is 14.4 Å². The van der Waals surface area contributed by atoms with Gasteiger partial charge in [0.15, 0.2) is 5.82 Å². The van der Waals surface area contributed by atoms with Crippen LogP contribution in [0.2, 0.25) is 0 Å². The number of aliphatic hydroxyl groups is 1. The van der Waals surface area contributed by atoms with Gasteiger partial charge in [0.2, 0.25) is 0 Å². The van der Waals surface area contributed by atoms with Crippen molar-refractivity contribution in [3.63, 3.8) is 0 Å². The molecular weight excluding hydrogens is 424 g/mol. The molecule has 3 aromatic rings. The van der Waals surface area contributed by atoms with E-state index in [-0.39, 0.29) is 17.2 Å². The van der Waals surface area contributed by atoms with Crippen LogP contribution in [0.5, 0.6) is 11.5 Å². The Morgan fingerprint density at radius 2 is 1.88 bits per heavy atom. The second kappa shape index (κ2) is 9.20. The predicted molar refractivity (Wildman–Crippen MR) is 121 cm³/mol. The zero-order chi connectivity index (χ0) is 23.5. The molecule has 8 heteroatoms. The Kier molecular flexibility index (Phi) is 6.17. The Morgan fingerprint density at radius 3 is 2.58 bits per heavy atom. The molecule has 1 saturated heterocycles. The van der Waals surface area contributed by atoms with E-state index in [1.54, 1.807) is 61.5 Å². The molecular formula is C25H24N2O6. The van der Waals surface area contributed by atoms with E-state index in [4.69, 9.17) is 14.0 Å². The van der Waals surface area contributed by atoms with Gasteiger partial charge in [-0.15, -0.1) is 0 Å². The summed E-state index contributed by atoms with van der Waals surface area (Å²) in [5, 5.41) is 15.1. The summed E-state index contributed by atoms with van der Waals surface area (Å²) >= 11 is 0. The highest BCUT2D eigenvalue weighted by Gasteiger charge is 2.48. The van der Waals surface area contributed by atoms with Crippen molar-refractivity contribution in [2.45, 2.75) is 26.3 Å². The lowest BCUT2D eigenvalue weighted by Crippen LogP contribution is -2.29. The summed E-state index contributed by atoms with van der Waals surface area (Å²) < 4.78 is 16.1. The summed E-state index contributed by atoms with van der Waals surface area (Å²) in [5.74, 6) is -0.162. The number of nitrogens with zero attached hydrogens (tertiary/aromatic N) is 2. The van der Waals surface area contributed by atoms with Crippen molar-refractivity contribution in [2.75, 3.05) is 18.6 Å². The number of ether oxygens (including phenoxy) is 2. The van der Waals surface area contributed by atoms with Crippen molar-refractivity contribution in [3.8, 4) is 11.5 Å². The smallest absolute Gasteiger partial charge is 0.301 e. The number of carbonyl (C=O) groups is 2. The first-order valence-corrected chi connectivity index (χ1v) is 10.6. The minimum Gasteiger partial charge on any atom is -0.507 e. The minimum absolute atomic E-state index is 0.0541. The third kappa shape index (κ3) is 4.19. The van der Waals surface area contributed by atoms with Crippen LogP contribution in [0.4, 0.5) is 5.82 Å². The second-order valence-electron chi connectivity index (χ2n) is 7.62. The quantitative estimate of drug-likeness (QED) is 0.325. The van der Waals surface area contributed by atoms with Gasteiger partial charge < -0.3 is 19.1 Å². The molecule has 1 N–H and O–H groups in total. The van der Waals surface area contributed by atoms with Gasteiger partial charge in [0, 0.05) is 11.6 Å². The molecule has 0 saturated carbocycles. The molecule has 1 aromatic heterocycles. The number of anilines is 1. The number of benzene rings is 2. The van der Waals surface area contributed by atoms with E-state index in [1.807, 2.05) is 6.92 Å². The monoisotopic (exact) mass is 448 g/mol. The average molecular weight is 448 g/mol. The molecule has 8 nitrogen and oxygen atoms in total. The van der Waals surface area contributed by atoms with Gasteiger partial charge in [-0.2, -0.15) is 0 Å². The van der Waals surface area contributed by atoms with Crippen molar-refractivity contribution in [3.05, 3.63) is 77.1 Å². The van der Waals surface area contributed by atoms with Gasteiger partial charge in [0.25, 0.3) is 5.78 Å². The number of amides is 1. The summed E-state index contributed by atoms with van der Waals surface area (Å²) in [5.41, 5.74) is 0.890. The molecule has 0 bridgehead atoms. The van der Waals surface area contributed by atoms with Gasteiger partial charge in [0.1, 0.15) is 23.0 Å². The maximum absolute atomic E-state index is 13.2. The number of Topliss-reactive ketones (excluding diaryl/α,β-unsaturated/α-hetero) is 1. The minimum atomic E-state index is -0.925. The lowest BCUT2D eigenvalue weighted by Gasteiger charge is -2.23. The molecule has 1 fully saturated rings. The van der Waals surface area contributed by atoms with Crippen molar-refractivity contribution in [1.29, 1.82) is 0 Å². The number of carbonyl (C=O) groups excluding carboxylic acids is 2. The van der Waals surface area contributed by atoms with E-state index in [9.17, 15) is 14.7 Å². The number of hydrogen-bond acceptors (Lipinski definition) is 7. The number of hydrogen-bond donors (Lipinski definition) is 1. The highest BCUT2D eigenvalue weighted by Crippen LogP contribution is 2.42. The number of rotatable bonds is 7. The number of ketones is 1. The topological polar surface area (TPSA) is 102 Å². The third-order valence-corrected chi connectivity index (χ3v) is 5.30. The zero-order valence-corrected chi connectivity index (χ0v) is 18.6. The highest BCUT2D eigenvalue weighted by molar-refractivity contribution is 6.51. The first-order chi connectivity index (χ1) is 15.9. The molecule has 33 heavy (non-hydrogen) atoms. The molecule has 2 aromatic carbocycles.